The van der Waals surface area contributed by atoms with Crippen molar-refractivity contribution in [1.29, 1.82) is 0 Å². The van der Waals surface area contributed by atoms with Gasteiger partial charge in [-0.3, -0.25) is 4.79 Å². The topological polar surface area (TPSA) is 22.0 Å². The molecule has 1 fully saturated rings. The Morgan fingerprint density at radius 2 is 1.83 bits per heavy atom. The molecule has 1 saturated carbocycles. The summed E-state index contributed by atoms with van der Waals surface area (Å²) in [5.41, 5.74) is 3.63. The number of aromatic nitrogens is 1. The van der Waals surface area contributed by atoms with Crippen molar-refractivity contribution < 1.29 is 9.18 Å². The van der Waals surface area contributed by atoms with E-state index in [-0.39, 0.29) is 11.6 Å². The largest absolute Gasteiger partial charge is 0.318 e. The Labute approximate surface area is 147 Å². The van der Waals surface area contributed by atoms with Gasteiger partial charge in [0, 0.05) is 27.9 Å². The molecule has 0 aliphatic heterocycles. The van der Waals surface area contributed by atoms with Crippen molar-refractivity contribution in [1.82, 2.24) is 4.57 Å². The maximum Gasteiger partial charge on any atom is 0.174 e. The van der Waals surface area contributed by atoms with Crippen LogP contribution in [0.4, 0.5) is 4.39 Å². The van der Waals surface area contributed by atoms with Gasteiger partial charge in [0.15, 0.2) is 5.78 Å². The van der Waals surface area contributed by atoms with E-state index in [0.29, 0.717) is 11.0 Å². The van der Waals surface area contributed by atoms with Crippen molar-refractivity contribution in [3.05, 3.63) is 53.1 Å². The van der Waals surface area contributed by atoms with Crippen LogP contribution < -0.4 is 0 Å². The molecule has 128 valence electrons. The summed E-state index contributed by atoms with van der Waals surface area (Å²) in [7, 11) is 0. The second-order valence-corrected chi connectivity index (χ2v) is 7.88. The lowest BCUT2D eigenvalue weighted by Crippen LogP contribution is -2.12. The molecule has 24 heavy (non-hydrogen) atoms. The van der Waals surface area contributed by atoms with Crippen LogP contribution >= 0.6 is 11.8 Å². The number of Topliss-reactive ketones (excluding diaryl/α,β-unsaturated/α-hetero) is 1. The number of aryl methyl sites for hydroxylation is 1. The third-order valence-electron chi connectivity index (χ3n) is 4.82. The van der Waals surface area contributed by atoms with Crippen LogP contribution in [0.1, 0.15) is 53.8 Å². The molecule has 2 nitrogen and oxygen atoms in total. The molecule has 0 spiro atoms. The van der Waals surface area contributed by atoms with Crippen LogP contribution in [0.2, 0.25) is 0 Å². The van der Waals surface area contributed by atoms with Gasteiger partial charge >= 0.3 is 0 Å². The predicted molar refractivity (Wildman–Crippen MR) is 98.9 cm³/mol. The van der Waals surface area contributed by atoms with E-state index in [1.165, 1.54) is 44.2 Å². The third kappa shape index (κ3) is 3.75. The fourth-order valence-electron chi connectivity index (χ4n) is 3.54. The van der Waals surface area contributed by atoms with E-state index in [9.17, 15) is 9.18 Å². The zero-order chi connectivity index (χ0) is 17.1. The highest BCUT2D eigenvalue weighted by atomic mass is 32.2. The Balaban J connectivity index is 1.75. The molecular weight excluding hydrogens is 321 g/mol. The van der Waals surface area contributed by atoms with Gasteiger partial charge in [0.1, 0.15) is 5.82 Å². The molecule has 0 atom stereocenters. The van der Waals surface area contributed by atoms with Gasteiger partial charge in [0.25, 0.3) is 0 Å². The number of hydrogen-bond donors (Lipinski definition) is 0. The first-order valence-electron chi connectivity index (χ1n) is 8.66. The number of carbonyl (C=O) groups excluding carboxylic acids is 1. The monoisotopic (exact) mass is 345 g/mol. The van der Waals surface area contributed by atoms with Crippen molar-refractivity contribution >= 4 is 17.5 Å². The lowest BCUT2D eigenvalue weighted by molar-refractivity contribution is 0.102. The van der Waals surface area contributed by atoms with Crippen molar-refractivity contribution in [3.63, 3.8) is 0 Å². The molecule has 1 aromatic heterocycles. The van der Waals surface area contributed by atoms with Crippen LogP contribution in [-0.2, 0) is 0 Å². The average molecular weight is 345 g/mol. The quantitative estimate of drug-likeness (QED) is 0.669. The number of halogens is 1. The number of benzene rings is 1. The van der Waals surface area contributed by atoms with Gasteiger partial charge in [0.2, 0.25) is 0 Å². The molecule has 0 radical (unpaired) electrons. The first-order chi connectivity index (χ1) is 11.6. The van der Waals surface area contributed by atoms with Crippen molar-refractivity contribution in [2.45, 2.75) is 51.2 Å². The minimum absolute atomic E-state index is 0.201. The van der Waals surface area contributed by atoms with Crippen LogP contribution in [0.15, 0.2) is 30.3 Å². The van der Waals surface area contributed by atoms with Gasteiger partial charge < -0.3 is 4.57 Å². The maximum absolute atomic E-state index is 13.1. The lowest BCUT2D eigenvalue weighted by atomic mass is 10.0. The van der Waals surface area contributed by atoms with Gasteiger partial charge in [-0.1, -0.05) is 19.3 Å². The van der Waals surface area contributed by atoms with E-state index in [0.717, 1.165) is 22.6 Å². The van der Waals surface area contributed by atoms with E-state index < -0.39 is 0 Å². The second-order valence-electron chi connectivity index (χ2n) is 6.59. The molecule has 0 saturated heterocycles. The fraction of sp³-hybridized carbons (Fsp3) is 0.450. The van der Waals surface area contributed by atoms with Gasteiger partial charge in [-0.25, -0.2) is 4.39 Å². The molecule has 1 heterocycles. The number of ketones is 1. The van der Waals surface area contributed by atoms with Gasteiger partial charge in [-0.2, -0.15) is 11.8 Å². The summed E-state index contributed by atoms with van der Waals surface area (Å²) >= 11 is 1.81. The molecule has 0 N–H and O–H groups in total. The Kier molecular flexibility index (Phi) is 5.44. The second kappa shape index (κ2) is 7.56. The third-order valence-corrected chi connectivity index (χ3v) is 6.19. The first kappa shape index (κ1) is 17.3. The highest BCUT2D eigenvalue weighted by Gasteiger charge is 2.19. The Bertz CT molecular complexity index is 714. The standard InChI is InChI=1S/C20H24FNOS/c1-14-12-19(20(23)13-24-18-6-4-3-5-7-18)15(2)22(14)17-10-8-16(21)9-11-17/h8-12,18H,3-7,13H2,1-2H3. The van der Waals surface area contributed by atoms with E-state index in [2.05, 4.69) is 0 Å². The van der Waals surface area contributed by atoms with Crippen molar-refractivity contribution in [2.75, 3.05) is 5.75 Å². The number of hydrogen-bond acceptors (Lipinski definition) is 2. The molecule has 3 rings (SSSR count). The van der Waals surface area contributed by atoms with Gasteiger partial charge in [-0.05, 0) is 57.0 Å². The van der Waals surface area contributed by atoms with E-state index in [1.807, 2.05) is 36.2 Å². The summed E-state index contributed by atoms with van der Waals surface area (Å²) in [6.07, 6.45) is 6.42. The van der Waals surface area contributed by atoms with Crippen LogP contribution in [0, 0.1) is 19.7 Å². The summed E-state index contributed by atoms with van der Waals surface area (Å²) in [6, 6.07) is 8.37. The Morgan fingerprint density at radius 3 is 2.50 bits per heavy atom. The summed E-state index contributed by atoms with van der Waals surface area (Å²) in [5.74, 6) is 0.506. The minimum Gasteiger partial charge on any atom is -0.318 e. The fourth-order valence-corrected chi connectivity index (χ4v) is 4.74. The number of thioether (sulfide) groups is 1. The van der Waals surface area contributed by atoms with Crippen molar-refractivity contribution in [2.24, 2.45) is 0 Å². The number of nitrogens with zero attached hydrogens (tertiary/aromatic N) is 1. The molecule has 0 unspecified atom stereocenters. The normalized spacial score (nSPS) is 15.6. The smallest absolute Gasteiger partial charge is 0.174 e. The zero-order valence-corrected chi connectivity index (χ0v) is 15.2. The molecule has 1 aromatic carbocycles. The average Bonchev–Trinajstić information content (AvgIpc) is 2.89. The summed E-state index contributed by atoms with van der Waals surface area (Å²) in [5, 5.41) is 0.642. The zero-order valence-electron chi connectivity index (χ0n) is 14.3. The van der Waals surface area contributed by atoms with Gasteiger partial charge in [0.05, 0.1) is 5.75 Å². The van der Waals surface area contributed by atoms with E-state index in [1.54, 1.807) is 12.1 Å². The Morgan fingerprint density at radius 1 is 1.17 bits per heavy atom. The Hall–Kier alpha value is -1.55. The molecule has 2 aromatic rings. The number of carbonyl (C=O) groups is 1. The van der Waals surface area contributed by atoms with Crippen LogP contribution in [0.5, 0.6) is 0 Å². The molecule has 1 aliphatic rings. The van der Waals surface area contributed by atoms with Crippen molar-refractivity contribution in [3.8, 4) is 5.69 Å². The van der Waals surface area contributed by atoms with Crippen LogP contribution in [0.25, 0.3) is 5.69 Å². The predicted octanol–water partition coefficient (Wildman–Crippen LogP) is 5.48. The van der Waals surface area contributed by atoms with E-state index in [4.69, 9.17) is 0 Å². The molecule has 4 heteroatoms. The summed E-state index contributed by atoms with van der Waals surface area (Å²) < 4.78 is 15.2. The molecule has 1 aliphatic carbocycles. The lowest BCUT2D eigenvalue weighted by Gasteiger charge is -2.20. The molecular formula is C20H24FNOS. The maximum atomic E-state index is 13.1. The number of rotatable bonds is 5. The molecule has 0 amide bonds. The first-order valence-corrected chi connectivity index (χ1v) is 9.71. The highest BCUT2D eigenvalue weighted by molar-refractivity contribution is 8.00. The van der Waals surface area contributed by atoms with Crippen LogP contribution in [0.3, 0.4) is 0 Å². The highest BCUT2D eigenvalue weighted by Crippen LogP contribution is 2.29. The van der Waals surface area contributed by atoms with Gasteiger partial charge in [-0.15, -0.1) is 0 Å². The summed E-state index contributed by atoms with van der Waals surface area (Å²) in [4.78, 5) is 12.7. The summed E-state index contributed by atoms with van der Waals surface area (Å²) in [6.45, 7) is 3.95. The van der Waals surface area contributed by atoms with Crippen LogP contribution in [-0.4, -0.2) is 21.4 Å². The van der Waals surface area contributed by atoms with E-state index >= 15 is 0 Å². The SMILES string of the molecule is Cc1cc(C(=O)CSC2CCCCC2)c(C)n1-c1ccc(F)cc1. The molecule has 0 bridgehead atoms. The minimum atomic E-state index is -0.249.